The van der Waals surface area contributed by atoms with Gasteiger partial charge in [0.1, 0.15) is 5.75 Å². The number of rotatable bonds is 4. The Balaban J connectivity index is 2.01. The monoisotopic (exact) mass is 293 g/mol. The number of carbonyl (C=O) groups excluding carboxylic acids is 1. The number of nitrogens with zero attached hydrogens (tertiary/aromatic N) is 1. The van der Waals surface area contributed by atoms with Crippen LogP contribution < -0.4 is 4.74 Å². The van der Waals surface area contributed by atoms with Crippen molar-refractivity contribution in [3.8, 4) is 5.75 Å². The highest BCUT2D eigenvalue weighted by molar-refractivity contribution is 5.81. The molecule has 2 unspecified atom stereocenters. The largest absolute Gasteiger partial charge is 0.481 e. The fourth-order valence-corrected chi connectivity index (χ4v) is 2.57. The molecule has 2 rings (SSSR count). The number of benzene rings is 1. The minimum Gasteiger partial charge on any atom is -0.481 e. The van der Waals surface area contributed by atoms with E-state index in [1.807, 2.05) is 44.2 Å². The average Bonchev–Trinajstić information content (AvgIpc) is 2.45. The van der Waals surface area contributed by atoms with Gasteiger partial charge in [-0.3, -0.25) is 4.79 Å². The summed E-state index contributed by atoms with van der Waals surface area (Å²) in [5, 5.41) is 9.30. The van der Waals surface area contributed by atoms with Crippen molar-refractivity contribution in [1.29, 1.82) is 0 Å². The molecule has 0 saturated carbocycles. The van der Waals surface area contributed by atoms with E-state index in [2.05, 4.69) is 0 Å². The van der Waals surface area contributed by atoms with Crippen molar-refractivity contribution in [2.75, 3.05) is 19.7 Å². The summed E-state index contributed by atoms with van der Waals surface area (Å²) in [6.45, 7) is 6.36. The van der Waals surface area contributed by atoms with Crippen molar-refractivity contribution in [1.82, 2.24) is 4.90 Å². The molecular weight excluding hydrogens is 270 g/mol. The zero-order valence-corrected chi connectivity index (χ0v) is 12.8. The van der Waals surface area contributed by atoms with Crippen molar-refractivity contribution in [2.24, 2.45) is 0 Å². The maximum absolute atomic E-state index is 12.5. The molecule has 0 bridgehead atoms. The predicted octanol–water partition coefficient (Wildman–Crippen LogP) is 1.45. The fraction of sp³-hybridized carbons (Fsp3) is 0.562. The molecule has 2 atom stereocenters. The lowest BCUT2D eigenvalue weighted by molar-refractivity contribution is -0.171. The van der Waals surface area contributed by atoms with Crippen LogP contribution in [-0.2, 0) is 9.53 Å². The van der Waals surface area contributed by atoms with Gasteiger partial charge in [0.15, 0.2) is 6.10 Å². The van der Waals surface area contributed by atoms with Crippen LogP contribution in [0, 0.1) is 0 Å². The SMILES string of the molecule is CC(Oc1ccccc1)C(=O)N1CC(CO)OC(C)(C)C1. The van der Waals surface area contributed by atoms with Crippen LogP contribution >= 0.6 is 0 Å². The average molecular weight is 293 g/mol. The smallest absolute Gasteiger partial charge is 0.263 e. The Labute approximate surface area is 125 Å². The van der Waals surface area contributed by atoms with Gasteiger partial charge in [-0.1, -0.05) is 18.2 Å². The van der Waals surface area contributed by atoms with Gasteiger partial charge in [-0.2, -0.15) is 0 Å². The minimum atomic E-state index is -0.569. The van der Waals surface area contributed by atoms with E-state index in [0.717, 1.165) is 0 Å². The first-order valence-electron chi connectivity index (χ1n) is 7.20. The van der Waals surface area contributed by atoms with Crippen molar-refractivity contribution >= 4 is 5.91 Å². The maximum Gasteiger partial charge on any atom is 0.263 e. The minimum absolute atomic E-state index is 0.0892. The first-order chi connectivity index (χ1) is 9.91. The summed E-state index contributed by atoms with van der Waals surface area (Å²) in [6, 6.07) is 9.28. The van der Waals surface area contributed by atoms with Crippen molar-refractivity contribution in [2.45, 2.75) is 38.6 Å². The fourth-order valence-electron chi connectivity index (χ4n) is 2.57. The summed E-state index contributed by atoms with van der Waals surface area (Å²) >= 11 is 0. The molecule has 1 fully saturated rings. The Morgan fingerprint density at radius 3 is 2.76 bits per heavy atom. The molecule has 116 valence electrons. The number of para-hydroxylation sites is 1. The molecule has 1 aromatic carbocycles. The molecule has 1 aliphatic rings. The summed E-state index contributed by atoms with van der Waals surface area (Å²) in [4.78, 5) is 14.2. The molecule has 0 aliphatic carbocycles. The van der Waals surface area contributed by atoms with Crippen LogP contribution in [0.25, 0.3) is 0 Å². The van der Waals surface area contributed by atoms with Gasteiger partial charge in [0.25, 0.3) is 5.91 Å². The number of aliphatic hydroxyl groups is 1. The van der Waals surface area contributed by atoms with Gasteiger partial charge in [-0.25, -0.2) is 0 Å². The van der Waals surface area contributed by atoms with E-state index >= 15 is 0 Å². The van der Waals surface area contributed by atoms with Crippen LogP contribution in [0.4, 0.5) is 0 Å². The van der Waals surface area contributed by atoms with E-state index in [0.29, 0.717) is 18.8 Å². The number of hydrogen-bond acceptors (Lipinski definition) is 4. The van der Waals surface area contributed by atoms with Crippen LogP contribution in [0.1, 0.15) is 20.8 Å². The summed E-state index contributed by atoms with van der Waals surface area (Å²) in [5.41, 5.74) is -0.465. The lowest BCUT2D eigenvalue weighted by Gasteiger charge is -2.42. The Hall–Kier alpha value is -1.59. The molecule has 0 spiro atoms. The molecule has 0 radical (unpaired) electrons. The number of hydrogen-bond donors (Lipinski definition) is 1. The summed E-state index contributed by atoms with van der Waals surface area (Å²) < 4.78 is 11.4. The molecule has 5 heteroatoms. The van der Waals surface area contributed by atoms with E-state index in [4.69, 9.17) is 9.47 Å². The van der Waals surface area contributed by atoms with Gasteiger partial charge in [0.2, 0.25) is 0 Å². The molecular formula is C16H23NO4. The second-order valence-electron chi connectivity index (χ2n) is 5.97. The van der Waals surface area contributed by atoms with Crippen LogP contribution in [0.3, 0.4) is 0 Å². The molecule has 1 amide bonds. The summed E-state index contributed by atoms with van der Waals surface area (Å²) in [5.74, 6) is 0.582. The van der Waals surface area contributed by atoms with Crippen LogP contribution in [-0.4, -0.2) is 53.4 Å². The Kier molecular flexibility index (Phi) is 4.85. The van der Waals surface area contributed by atoms with E-state index in [1.54, 1.807) is 11.8 Å². The highest BCUT2D eigenvalue weighted by atomic mass is 16.5. The molecule has 0 aromatic heterocycles. The van der Waals surface area contributed by atoms with Crippen LogP contribution in [0.15, 0.2) is 30.3 Å². The van der Waals surface area contributed by atoms with Crippen molar-refractivity contribution < 1.29 is 19.4 Å². The molecule has 1 aliphatic heterocycles. The Bertz CT molecular complexity index is 474. The normalized spacial score (nSPS) is 22.7. The third-order valence-electron chi connectivity index (χ3n) is 3.40. The molecule has 1 aromatic rings. The van der Waals surface area contributed by atoms with E-state index in [-0.39, 0.29) is 18.6 Å². The first kappa shape index (κ1) is 15.8. The van der Waals surface area contributed by atoms with E-state index in [9.17, 15) is 9.90 Å². The topological polar surface area (TPSA) is 59.0 Å². The van der Waals surface area contributed by atoms with Crippen LogP contribution in [0.5, 0.6) is 5.75 Å². The van der Waals surface area contributed by atoms with Gasteiger partial charge in [-0.15, -0.1) is 0 Å². The first-order valence-corrected chi connectivity index (χ1v) is 7.20. The van der Waals surface area contributed by atoms with E-state index < -0.39 is 11.7 Å². The molecule has 1 heterocycles. The quantitative estimate of drug-likeness (QED) is 0.913. The van der Waals surface area contributed by atoms with Gasteiger partial charge in [0, 0.05) is 13.1 Å². The maximum atomic E-state index is 12.5. The highest BCUT2D eigenvalue weighted by Crippen LogP contribution is 2.22. The zero-order valence-electron chi connectivity index (χ0n) is 12.8. The Morgan fingerprint density at radius 1 is 1.48 bits per heavy atom. The second kappa shape index (κ2) is 6.45. The second-order valence-corrected chi connectivity index (χ2v) is 5.97. The lowest BCUT2D eigenvalue weighted by Crippen LogP contribution is -2.57. The zero-order chi connectivity index (χ0) is 15.5. The van der Waals surface area contributed by atoms with Gasteiger partial charge in [0.05, 0.1) is 18.3 Å². The van der Waals surface area contributed by atoms with E-state index in [1.165, 1.54) is 0 Å². The van der Waals surface area contributed by atoms with Gasteiger partial charge >= 0.3 is 0 Å². The van der Waals surface area contributed by atoms with Crippen LogP contribution in [0.2, 0.25) is 0 Å². The van der Waals surface area contributed by atoms with Crippen molar-refractivity contribution in [3.05, 3.63) is 30.3 Å². The number of carbonyl (C=O) groups is 1. The molecule has 1 saturated heterocycles. The predicted molar refractivity (Wildman–Crippen MR) is 79.1 cm³/mol. The summed E-state index contributed by atoms with van der Waals surface area (Å²) in [7, 11) is 0. The molecule has 5 nitrogen and oxygen atoms in total. The summed E-state index contributed by atoms with van der Waals surface area (Å²) in [6.07, 6.45) is -0.915. The van der Waals surface area contributed by atoms with Gasteiger partial charge < -0.3 is 19.5 Å². The Morgan fingerprint density at radius 2 is 2.14 bits per heavy atom. The number of amides is 1. The number of aliphatic hydroxyl groups excluding tert-OH is 1. The molecule has 1 N–H and O–H groups in total. The van der Waals surface area contributed by atoms with Crippen molar-refractivity contribution in [3.63, 3.8) is 0 Å². The third-order valence-corrected chi connectivity index (χ3v) is 3.40. The third kappa shape index (κ3) is 4.19. The molecule has 21 heavy (non-hydrogen) atoms. The number of ether oxygens (including phenoxy) is 2. The highest BCUT2D eigenvalue weighted by Gasteiger charge is 2.37. The number of morpholine rings is 1. The lowest BCUT2D eigenvalue weighted by atomic mass is 10.0. The standard InChI is InChI=1S/C16H23NO4/c1-12(20-13-7-5-4-6-8-13)15(19)17-9-14(10-18)21-16(2,3)11-17/h4-8,12,14,18H,9-11H2,1-3H3. The van der Waals surface area contributed by atoms with Gasteiger partial charge in [-0.05, 0) is 32.9 Å².